The van der Waals surface area contributed by atoms with Crippen molar-refractivity contribution >= 4 is 6.09 Å². The molecule has 1 N–H and O–H groups in total. The summed E-state index contributed by atoms with van der Waals surface area (Å²) in [7, 11) is 4.08. The van der Waals surface area contributed by atoms with Gasteiger partial charge >= 0.3 is 6.09 Å². The third-order valence-corrected chi connectivity index (χ3v) is 2.95. The fraction of sp³-hybridized carbons (Fsp3) is 0.714. The molecule has 114 valence electrons. The van der Waals surface area contributed by atoms with E-state index in [4.69, 9.17) is 4.74 Å². The number of rotatable bonds is 5. The summed E-state index contributed by atoms with van der Waals surface area (Å²) < 4.78 is 7.25. The van der Waals surface area contributed by atoms with E-state index < -0.39 is 11.7 Å². The third kappa shape index (κ3) is 5.61. The van der Waals surface area contributed by atoms with Crippen LogP contribution in [0, 0.1) is 0 Å². The zero-order chi connectivity index (χ0) is 15.3. The number of carbonyl (C=O) groups is 1. The molecule has 0 fully saturated rings. The average Bonchev–Trinajstić information content (AvgIpc) is 2.71. The third-order valence-electron chi connectivity index (χ3n) is 2.95. The first-order valence-electron chi connectivity index (χ1n) is 6.81. The maximum Gasteiger partial charge on any atom is 0.407 e. The number of carbonyl (C=O) groups excluding carboxylic acids is 1. The lowest BCUT2D eigenvalue weighted by Crippen LogP contribution is -2.33. The van der Waals surface area contributed by atoms with E-state index in [1.807, 2.05) is 39.4 Å². The van der Waals surface area contributed by atoms with Gasteiger partial charge in [0.2, 0.25) is 0 Å². The number of likely N-dealkylation sites (N-methyl/N-ethyl adjacent to an activating group) is 1. The maximum atomic E-state index is 11.6. The lowest BCUT2D eigenvalue weighted by atomic mass is 10.2. The highest BCUT2D eigenvalue weighted by Gasteiger charge is 2.16. The number of nitrogens with zero attached hydrogens (tertiary/aromatic N) is 3. The number of alkyl carbamates (subject to hydrolysis) is 1. The lowest BCUT2D eigenvalue weighted by Gasteiger charge is -2.22. The topological polar surface area (TPSA) is 59.4 Å². The molecular formula is C14H26N4O2. The Balaban J connectivity index is 2.53. The lowest BCUT2D eigenvalue weighted by molar-refractivity contribution is 0.0522. The first-order valence-corrected chi connectivity index (χ1v) is 6.81. The molecule has 1 rings (SSSR count). The van der Waals surface area contributed by atoms with Crippen LogP contribution in [-0.4, -0.2) is 46.3 Å². The first-order chi connectivity index (χ1) is 9.19. The summed E-state index contributed by atoms with van der Waals surface area (Å²) in [5.74, 6) is 0. The summed E-state index contributed by atoms with van der Waals surface area (Å²) in [6.45, 7) is 8.92. The maximum absolute atomic E-state index is 11.6. The molecule has 1 aromatic rings. The summed E-state index contributed by atoms with van der Waals surface area (Å²) >= 11 is 0. The molecule has 6 heteroatoms. The van der Waals surface area contributed by atoms with Crippen molar-refractivity contribution in [3.05, 3.63) is 18.2 Å². The van der Waals surface area contributed by atoms with Gasteiger partial charge in [-0.1, -0.05) is 0 Å². The highest BCUT2D eigenvalue weighted by atomic mass is 16.6. The van der Waals surface area contributed by atoms with Crippen LogP contribution in [0.2, 0.25) is 0 Å². The molecule has 6 nitrogen and oxygen atoms in total. The molecule has 1 amide bonds. The SMILES string of the molecule is CC(Cn1cncc1CNC(=O)OC(C)(C)C)N(C)C. The van der Waals surface area contributed by atoms with Gasteiger partial charge in [-0.25, -0.2) is 9.78 Å². The minimum absolute atomic E-state index is 0.393. The summed E-state index contributed by atoms with van der Waals surface area (Å²) in [6.07, 6.45) is 3.14. The van der Waals surface area contributed by atoms with Crippen LogP contribution in [0.1, 0.15) is 33.4 Å². The fourth-order valence-electron chi connectivity index (χ4n) is 1.58. The van der Waals surface area contributed by atoms with Crippen LogP contribution >= 0.6 is 0 Å². The van der Waals surface area contributed by atoms with Gasteiger partial charge in [0.1, 0.15) is 5.60 Å². The average molecular weight is 282 g/mol. The van der Waals surface area contributed by atoms with Crippen molar-refractivity contribution in [1.29, 1.82) is 0 Å². The van der Waals surface area contributed by atoms with E-state index in [1.165, 1.54) is 0 Å². The molecule has 0 saturated heterocycles. The van der Waals surface area contributed by atoms with E-state index in [0.717, 1.165) is 12.2 Å². The van der Waals surface area contributed by atoms with E-state index in [-0.39, 0.29) is 0 Å². The van der Waals surface area contributed by atoms with Gasteiger partial charge in [-0.3, -0.25) is 0 Å². The molecule has 1 unspecified atom stereocenters. The molecule has 1 heterocycles. The van der Waals surface area contributed by atoms with Crippen molar-refractivity contribution < 1.29 is 9.53 Å². The second kappa shape index (κ2) is 6.74. The van der Waals surface area contributed by atoms with Crippen molar-refractivity contribution in [3.63, 3.8) is 0 Å². The number of aromatic nitrogens is 2. The van der Waals surface area contributed by atoms with Crippen molar-refractivity contribution in [2.45, 2.75) is 52.4 Å². The van der Waals surface area contributed by atoms with E-state index in [2.05, 4.69) is 22.1 Å². The Bertz CT molecular complexity index is 435. The second-order valence-electron chi connectivity index (χ2n) is 6.21. The largest absolute Gasteiger partial charge is 0.444 e. The molecule has 0 aromatic carbocycles. The van der Waals surface area contributed by atoms with Crippen molar-refractivity contribution in [2.24, 2.45) is 0 Å². The van der Waals surface area contributed by atoms with Crippen molar-refractivity contribution in [3.8, 4) is 0 Å². The van der Waals surface area contributed by atoms with Crippen LogP contribution in [0.15, 0.2) is 12.5 Å². The zero-order valence-electron chi connectivity index (χ0n) is 13.3. The van der Waals surface area contributed by atoms with Gasteiger partial charge < -0.3 is 19.5 Å². The summed E-state index contributed by atoms with van der Waals surface area (Å²) in [4.78, 5) is 17.9. The Labute approximate surface area is 121 Å². The van der Waals surface area contributed by atoms with Crippen LogP contribution in [-0.2, 0) is 17.8 Å². The number of imidazole rings is 1. The fourth-order valence-corrected chi connectivity index (χ4v) is 1.58. The predicted octanol–water partition coefficient (Wildman–Crippen LogP) is 1.86. The van der Waals surface area contributed by atoms with Gasteiger partial charge in [-0.2, -0.15) is 0 Å². The summed E-state index contributed by atoms with van der Waals surface area (Å²) in [5.41, 5.74) is 0.480. The van der Waals surface area contributed by atoms with Gasteiger partial charge in [0, 0.05) is 18.8 Å². The number of hydrogen-bond acceptors (Lipinski definition) is 4. The van der Waals surface area contributed by atoms with E-state index in [0.29, 0.717) is 12.6 Å². The van der Waals surface area contributed by atoms with Gasteiger partial charge in [0.05, 0.1) is 18.6 Å². The monoisotopic (exact) mass is 282 g/mol. The Morgan fingerprint density at radius 2 is 2.15 bits per heavy atom. The smallest absolute Gasteiger partial charge is 0.407 e. The first kappa shape index (κ1) is 16.5. The number of nitrogens with one attached hydrogen (secondary N) is 1. The molecule has 0 saturated carbocycles. The van der Waals surface area contributed by atoms with Crippen LogP contribution < -0.4 is 5.32 Å². The molecule has 0 spiro atoms. The molecule has 0 aliphatic heterocycles. The second-order valence-corrected chi connectivity index (χ2v) is 6.21. The minimum Gasteiger partial charge on any atom is -0.444 e. The van der Waals surface area contributed by atoms with Crippen LogP contribution in [0.4, 0.5) is 4.79 Å². The molecule has 0 aliphatic carbocycles. The van der Waals surface area contributed by atoms with Crippen molar-refractivity contribution in [1.82, 2.24) is 19.8 Å². The van der Waals surface area contributed by atoms with Crippen LogP contribution in [0.3, 0.4) is 0 Å². The Morgan fingerprint density at radius 1 is 1.50 bits per heavy atom. The normalized spacial score (nSPS) is 13.3. The summed E-state index contributed by atoms with van der Waals surface area (Å²) in [6, 6.07) is 0.393. The van der Waals surface area contributed by atoms with Gasteiger partial charge in [0.25, 0.3) is 0 Å². The predicted molar refractivity (Wildman–Crippen MR) is 78.4 cm³/mol. The molecule has 20 heavy (non-hydrogen) atoms. The molecule has 0 aliphatic rings. The number of amides is 1. The Hall–Kier alpha value is -1.56. The molecule has 1 atom stereocenters. The van der Waals surface area contributed by atoms with Gasteiger partial charge in [0.15, 0.2) is 0 Å². The molecule has 0 radical (unpaired) electrons. The Morgan fingerprint density at radius 3 is 2.70 bits per heavy atom. The van der Waals surface area contributed by atoms with E-state index >= 15 is 0 Å². The summed E-state index contributed by atoms with van der Waals surface area (Å²) in [5, 5.41) is 2.75. The van der Waals surface area contributed by atoms with Crippen molar-refractivity contribution in [2.75, 3.05) is 14.1 Å². The van der Waals surface area contributed by atoms with Gasteiger partial charge in [-0.05, 0) is 41.8 Å². The molecule has 1 aromatic heterocycles. The highest BCUT2D eigenvalue weighted by molar-refractivity contribution is 5.67. The Kier molecular flexibility index (Phi) is 5.56. The van der Waals surface area contributed by atoms with Crippen LogP contribution in [0.25, 0.3) is 0 Å². The van der Waals surface area contributed by atoms with E-state index in [1.54, 1.807) is 12.5 Å². The van der Waals surface area contributed by atoms with Gasteiger partial charge in [-0.15, -0.1) is 0 Å². The minimum atomic E-state index is -0.482. The molecular weight excluding hydrogens is 256 g/mol. The number of hydrogen-bond donors (Lipinski definition) is 1. The zero-order valence-corrected chi connectivity index (χ0v) is 13.3. The van der Waals surface area contributed by atoms with E-state index in [9.17, 15) is 4.79 Å². The molecule has 0 bridgehead atoms. The quantitative estimate of drug-likeness (QED) is 0.895. The number of ether oxygens (including phenoxy) is 1. The van der Waals surface area contributed by atoms with Crippen LogP contribution in [0.5, 0.6) is 0 Å². The highest BCUT2D eigenvalue weighted by Crippen LogP contribution is 2.07. The standard InChI is InChI=1S/C14H26N4O2/c1-11(17(5)6)9-18-10-15-7-12(18)8-16-13(19)20-14(2,3)4/h7,10-11H,8-9H2,1-6H3,(H,16,19).